The standard InChI is InChI=1S/C15H21N3O/c1-11-5-4-6-15-16-14(10-18(11)15)9-17-7-12(2)19-13(3)8-17/h4-6,10,12-13H,7-9H2,1-3H3. The first-order valence-electron chi connectivity index (χ1n) is 6.93. The van der Waals surface area contributed by atoms with Crippen LogP contribution in [0.15, 0.2) is 24.4 Å². The highest BCUT2D eigenvalue weighted by Gasteiger charge is 2.22. The van der Waals surface area contributed by atoms with Gasteiger partial charge in [0.2, 0.25) is 0 Å². The fourth-order valence-electron chi connectivity index (χ4n) is 2.92. The van der Waals surface area contributed by atoms with Gasteiger partial charge in [0.05, 0.1) is 17.9 Å². The van der Waals surface area contributed by atoms with Crippen molar-refractivity contribution in [2.45, 2.75) is 39.5 Å². The maximum absolute atomic E-state index is 5.76. The molecule has 1 aliphatic heterocycles. The number of pyridine rings is 1. The van der Waals surface area contributed by atoms with Gasteiger partial charge < -0.3 is 9.14 Å². The molecule has 19 heavy (non-hydrogen) atoms. The van der Waals surface area contributed by atoms with Crippen LogP contribution in [0, 0.1) is 6.92 Å². The van der Waals surface area contributed by atoms with Crippen LogP contribution in [0.3, 0.4) is 0 Å². The zero-order chi connectivity index (χ0) is 13.4. The predicted octanol–water partition coefficient (Wildman–Crippen LogP) is 2.25. The summed E-state index contributed by atoms with van der Waals surface area (Å²) in [6.07, 6.45) is 2.76. The zero-order valence-corrected chi connectivity index (χ0v) is 11.8. The number of ether oxygens (including phenoxy) is 1. The van der Waals surface area contributed by atoms with Gasteiger partial charge in [-0.3, -0.25) is 4.90 Å². The lowest BCUT2D eigenvalue weighted by Crippen LogP contribution is -2.44. The highest BCUT2D eigenvalue weighted by Crippen LogP contribution is 2.15. The summed E-state index contributed by atoms with van der Waals surface area (Å²) in [5.74, 6) is 0. The molecule has 0 aliphatic carbocycles. The number of morpholine rings is 1. The molecule has 1 fully saturated rings. The Balaban J connectivity index is 1.79. The Hall–Kier alpha value is -1.39. The SMILES string of the molecule is Cc1cccc2nc(CN3CC(C)OC(C)C3)cn12. The molecule has 2 atom stereocenters. The van der Waals surface area contributed by atoms with Crippen LogP contribution < -0.4 is 0 Å². The average molecular weight is 259 g/mol. The summed E-state index contributed by atoms with van der Waals surface area (Å²) in [5.41, 5.74) is 3.39. The highest BCUT2D eigenvalue weighted by molar-refractivity contribution is 5.41. The van der Waals surface area contributed by atoms with Gasteiger partial charge in [0.15, 0.2) is 0 Å². The van der Waals surface area contributed by atoms with Crippen LogP contribution in [0.2, 0.25) is 0 Å². The van der Waals surface area contributed by atoms with Crippen molar-refractivity contribution in [3.63, 3.8) is 0 Å². The van der Waals surface area contributed by atoms with E-state index < -0.39 is 0 Å². The molecule has 2 aromatic rings. The topological polar surface area (TPSA) is 29.8 Å². The lowest BCUT2D eigenvalue weighted by molar-refractivity contribution is -0.0707. The molecule has 2 unspecified atom stereocenters. The van der Waals surface area contributed by atoms with Crippen molar-refractivity contribution in [3.05, 3.63) is 35.8 Å². The normalized spacial score (nSPS) is 25.0. The Bertz CT molecular complexity index is 568. The van der Waals surface area contributed by atoms with E-state index in [4.69, 9.17) is 9.72 Å². The molecular formula is C15H21N3O. The molecule has 0 radical (unpaired) electrons. The van der Waals surface area contributed by atoms with E-state index in [1.54, 1.807) is 0 Å². The van der Waals surface area contributed by atoms with Gasteiger partial charge in [0.1, 0.15) is 5.65 Å². The minimum atomic E-state index is 0.308. The number of aromatic nitrogens is 2. The summed E-state index contributed by atoms with van der Waals surface area (Å²) < 4.78 is 7.92. The largest absolute Gasteiger partial charge is 0.373 e. The molecule has 4 heteroatoms. The molecule has 0 N–H and O–H groups in total. The van der Waals surface area contributed by atoms with E-state index >= 15 is 0 Å². The number of rotatable bonds is 2. The predicted molar refractivity (Wildman–Crippen MR) is 75.2 cm³/mol. The van der Waals surface area contributed by atoms with Crippen molar-refractivity contribution in [1.29, 1.82) is 0 Å². The Kier molecular flexibility index (Phi) is 3.29. The van der Waals surface area contributed by atoms with Gasteiger partial charge in [-0.25, -0.2) is 4.98 Å². The summed E-state index contributed by atoms with van der Waals surface area (Å²) in [5, 5.41) is 0. The highest BCUT2D eigenvalue weighted by atomic mass is 16.5. The van der Waals surface area contributed by atoms with Crippen LogP contribution in [0.4, 0.5) is 0 Å². The first kappa shape index (κ1) is 12.6. The molecule has 0 bridgehead atoms. The molecule has 102 valence electrons. The second-order valence-electron chi connectivity index (χ2n) is 5.58. The number of aryl methyl sites for hydroxylation is 1. The molecule has 3 heterocycles. The van der Waals surface area contributed by atoms with Crippen LogP contribution >= 0.6 is 0 Å². The van der Waals surface area contributed by atoms with Crippen molar-refractivity contribution < 1.29 is 4.74 Å². The van der Waals surface area contributed by atoms with E-state index in [2.05, 4.69) is 54.5 Å². The molecule has 2 aromatic heterocycles. The molecule has 4 nitrogen and oxygen atoms in total. The third kappa shape index (κ3) is 2.65. The summed E-state index contributed by atoms with van der Waals surface area (Å²) in [4.78, 5) is 7.12. The first-order chi connectivity index (χ1) is 9.11. The number of hydrogen-bond donors (Lipinski definition) is 0. The van der Waals surface area contributed by atoms with E-state index in [1.165, 1.54) is 5.69 Å². The number of imidazole rings is 1. The average Bonchev–Trinajstić information content (AvgIpc) is 2.71. The first-order valence-corrected chi connectivity index (χ1v) is 6.93. The van der Waals surface area contributed by atoms with Crippen LogP contribution in [-0.4, -0.2) is 39.6 Å². The fraction of sp³-hybridized carbons (Fsp3) is 0.533. The van der Waals surface area contributed by atoms with E-state index in [0.717, 1.165) is 31.0 Å². The molecule has 0 spiro atoms. The molecule has 1 aliphatic rings. The summed E-state index contributed by atoms with van der Waals surface area (Å²) in [7, 11) is 0. The van der Waals surface area contributed by atoms with Gasteiger partial charge >= 0.3 is 0 Å². The van der Waals surface area contributed by atoms with Gasteiger partial charge in [0.25, 0.3) is 0 Å². The smallest absolute Gasteiger partial charge is 0.137 e. The van der Waals surface area contributed by atoms with Crippen LogP contribution in [0.5, 0.6) is 0 Å². The second kappa shape index (κ2) is 4.94. The van der Waals surface area contributed by atoms with Crippen molar-refractivity contribution in [2.24, 2.45) is 0 Å². The van der Waals surface area contributed by atoms with Gasteiger partial charge in [-0.15, -0.1) is 0 Å². The fourth-order valence-corrected chi connectivity index (χ4v) is 2.92. The number of hydrogen-bond acceptors (Lipinski definition) is 3. The van der Waals surface area contributed by atoms with Gasteiger partial charge in [-0.05, 0) is 32.9 Å². The van der Waals surface area contributed by atoms with Crippen LogP contribution in [0.25, 0.3) is 5.65 Å². The van der Waals surface area contributed by atoms with E-state index in [9.17, 15) is 0 Å². The van der Waals surface area contributed by atoms with Gasteiger partial charge in [0, 0.05) is 31.5 Å². The summed E-state index contributed by atoms with van der Waals surface area (Å²) in [6, 6.07) is 6.22. The second-order valence-corrected chi connectivity index (χ2v) is 5.58. The van der Waals surface area contributed by atoms with Gasteiger partial charge in [-0.2, -0.15) is 0 Å². The van der Waals surface area contributed by atoms with E-state index in [0.29, 0.717) is 12.2 Å². The number of nitrogens with zero attached hydrogens (tertiary/aromatic N) is 3. The van der Waals surface area contributed by atoms with Crippen molar-refractivity contribution in [3.8, 4) is 0 Å². The van der Waals surface area contributed by atoms with Crippen molar-refractivity contribution >= 4 is 5.65 Å². The zero-order valence-electron chi connectivity index (χ0n) is 11.8. The van der Waals surface area contributed by atoms with Crippen molar-refractivity contribution in [1.82, 2.24) is 14.3 Å². The molecule has 0 aromatic carbocycles. The summed E-state index contributed by atoms with van der Waals surface area (Å²) in [6.45, 7) is 9.25. The minimum Gasteiger partial charge on any atom is -0.373 e. The molecular weight excluding hydrogens is 238 g/mol. The minimum absolute atomic E-state index is 0.308. The summed E-state index contributed by atoms with van der Waals surface area (Å²) >= 11 is 0. The van der Waals surface area contributed by atoms with Crippen LogP contribution in [0.1, 0.15) is 25.2 Å². The third-order valence-corrected chi connectivity index (χ3v) is 3.63. The molecule has 3 rings (SSSR count). The molecule has 0 amide bonds. The van der Waals surface area contributed by atoms with Crippen molar-refractivity contribution in [2.75, 3.05) is 13.1 Å². The lowest BCUT2D eigenvalue weighted by Gasteiger charge is -2.34. The molecule has 1 saturated heterocycles. The number of fused-ring (bicyclic) bond motifs is 1. The quantitative estimate of drug-likeness (QED) is 0.828. The van der Waals surface area contributed by atoms with Gasteiger partial charge in [-0.1, -0.05) is 6.07 Å². The van der Waals surface area contributed by atoms with E-state index in [-0.39, 0.29) is 0 Å². The van der Waals surface area contributed by atoms with Crippen LogP contribution in [-0.2, 0) is 11.3 Å². The maximum Gasteiger partial charge on any atom is 0.137 e. The lowest BCUT2D eigenvalue weighted by atomic mass is 10.2. The Morgan fingerprint density at radius 2 is 2.00 bits per heavy atom. The Labute approximate surface area is 114 Å². The molecule has 0 saturated carbocycles. The maximum atomic E-state index is 5.76. The Morgan fingerprint density at radius 1 is 1.26 bits per heavy atom. The monoisotopic (exact) mass is 259 g/mol. The third-order valence-electron chi connectivity index (χ3n) is 3.63. The van der Waals surface area contributed by atoms with E-state index in [1.807, 2.05) is 0 Å². The Morgan fingerprint density at radius 3 is 2.68 bits per heavy atom.